The Morgan fingerprint density at radius 3 is 2.08 bits per heavy atom. The molecule has 1 aliphatic heterocycles. The van der Waals surface area contributed by atoms with E-state index < -0.39 is 57.0 Å². The molecule has 0 saturated carbocycles. The summed E-state index contributed by atoms with van der Waals surface area (Å²) < 4.78 is 112. The maximum atomic E-state index is 13.8. The Bertz CT molecular complexity index is 1980. The van der Waals surface area contributed by atoms with Crippen molar-refractivity contribution in [1.82, 2.24) is 29.5 Å². The van der Waals surface area contributed by atoms with Gasteiger partial charge in [-0.15, -0.1) is 26.3 Å². The Balaban J connectivity index is 1.43. The molecule has 1 atom stereocenters. The van der Waals surface area contributed by atoms with E-state index in [2.05, 4.69) is 29.7 Å². The number of fused-ring (bicyclic) bond motifs is 1. The molecule has 0 radical (unpaired) electrons. The van der Waals surface area contributed by atoms with Crippen LogP contribution in [-0.4, -0.2) is 96.9 Å². The molecule has 1 saturated heterocycles. The molecule has 20 heteroatoms. The number of carbonyl (C=O) groups is 2. The van der Waals surface area contributed by atoms with Crippen LogP contribution in [0.15, 0.2) is 72.0 Å². The minimum atomic E-state index is -5.01. The summed E-state index contributed by atoms with van der Waals surface area (Å²) in [5.41, 5.74) is 1.04. The number of aromatic nitrogens is 3. The highest BCUT2D eigenvalue weighted by Gasteiger charge is 2.41. The van der Waals surface area contributed by atoms with E-state index in [1.807, 2.05) is 0 Å². The van der Waals surface area contributed by atoms with Gasteiger partial charge in [-0.1, -0.05) is 12.1 Å². The smallest absolute Gasteiger partial charge is 0.406 e. The highest BCUT2D eigenvalue weighted by molar-refractivity contribution is 7.89. The number of piperazine rings is 1. The number of hydrogen-bond acceptors (Lipinski definition) is 10. The number of anilines is 1. The summed E-state index contributed by atoms with van der Waals surface area (Å²) in [4.78, 5) is 41.9. The molecular formula is C30H27F6N7O6S. The first-order chi connectivity index (χ1) is 23.4. The zero-order valence-electron chi connectivity index (χ0n) is 26.1. The number of hydrogen-bond donors (Lipinski definition) is 1. The number of carbonyl (C=O) groups excluding carboxylic acids is 2. The molecule has 3 heterocycles. The molecule has 0 bridgehead atoms. The van der Waals surface area contributed by atoms with Crippen LogP contribution in [0.1, 0.15) is 15.9 Å². The van der Waals surface area contributed by atoms with Crippen molar-refractivity contribution < 1.29 is 53.8 Å². The van der Waals surface area contributed by atoms with Gasteiger partial charge in [0.2, 0.25) is 15.9 Å². The summed E-state index contributed by atoms with van der Waals surface area (Å²) in [5.74, 6) is -2.12. The third kappa shape index (κ3) is 8.48. The van der Waals surface area contributed by atoms with Gasteiger partial charge in [-0.2, -0.15) is 4.31 Å². The lowest BCUT2D eigenvalue weighted by atomic mass is 10.1. The van der Waals surface area contributed by atoms with Crippen molar-refractivity contribution in [2.24, 2.45) is 0 Å². The van der Waals surface area contributed by atoms with E-state index in [-0.39, 0.29) is 43.1 Å². The molecule has 2 amide bonds. The average Bonchev–Trinajstić information content (AvgIpc) is 3.05. The Morgan fingerprint density at radius 2 is 1.50 bits per heavy atom. The predicted octanol–water partition coefficient (Wildman–Crippen LogP) is 3.72. The molecule has 4 aromatic rings. The maximum absolute atomic E-state index is 13.8. The summed E-state index contributed by atoms with van der Waals surface area (Å²) >= 11 is 0. The zero-order valence-corrected chi connectivity index (χ0v) is 26.9. The summed E-state index contributed by atoms with van der Waals surface area (Å²) in [6.45, 7) is -0.788. The maximum Gasteiger partial charge on any atom is 0.573 e. The number of pyridine rings is 1. The average molecular weight is 728 g/mol. The van der Waals surface area contributed by atoms with Crippen molar-refractivity contribution in [3.05, 3.63) is 78.2 Å². The molecule has 0 aliphatic carbocycles. The fraction of sp³-hybridized carbons (Fsp3) is 0.300. The molecule has 2 aromatic heterocycles. The van der Waals surface area contributed by atoms with Crippen LogP contribution >= 0.6 is 0 Å². The molecule has 2 aromatic carbocycles. The van der Waals surface area contributed by atoms with E-state index in [0.717, 1.165) is 40.7 Å². The SMILES string of the molecule is CN(C)C(=O)c1cncc2ncc(N3CCN(S(=O)(=O)c4ccc(OC(F)(F)F)cc4)[C@@H](C(=O)NCc4ccc(OC(F)(F)F)cc4)C3)nc12. The highest BCUT2D eigenvalue weighted by Crippen LogP contribution is 2.29. The van der Waals surface area contributed by atoms with E-state index in [0.29, 0.717) is 11.1 Å². The van der Waals surface area contributed by atoms with Crippen molar-refractivity contribution in [2.45, 2.75) is 30.2 Å². The number of amides is 2. The van der Waals surface area contributed by atoms with Crippen LogP contribution in [0.25, 0.3) is 11.0 Å². The van der Waals surface area contributed by atoms with Gasteiger partial charge in [-0.3, -0.25) is 14.6 Å². The van der Waals surface area contributed by atoms with Crippen molar-refractivity contribution in [2.75, 3.05) is 38.6 Å². The first-order valence-electron chi connectivity index (χ1n) is 14.5. The number of nitrogens with one attached hydrogen (secondary N) is 1. The van der Waals surface area contributed by atoms with Crippen LogP contribution in [0.4, 0.5) is 32.2 Å². The van der Waals surface area contributed by atoms with Crippen LogP contribution in [-0.2, 0) is 21.4 Å². The van der Waals surface area contributed by atoms with Crippen LogP contribution in [0.5, 0.6) is 11.5 Å². The Kier molecular flexibility index (Phi) is 10.1. The second-order valence-corrected chi connectivity index (χ2v) is 12.9. The number of halogens is 6. The third-order valence-corrected chi connectivity index (χ3v) is 9.25. The second kappa shape index (κ2) is 13.9. The van der Waals surface area contributed by atoms with Gasteiger partial charge in [0.25, 0.3) is 5.91 Å². The van der Waals surface area contributed by atoms with Crippen LogP contribution in [0, 0.1) is 0 Å². The van der Waals surface area contributed by atoms with Gasteiger partial charge in [-0.05, 0) is 42.0 Å². The zero-order chi connectivity index (χ0) is 36.4. The Morgan fingerprint density at radius 1 is 0.900 bits per heavy atom. The molecule has 5 rings (SSSR count). The minimum Gasteiger partial charge on any atom is -0.406 e. The number of rotatable bonds is 9. The van der Waals surface area contributed by atoms with E-state index in [9.17, 15) is 44.3 Å². The first-order valence-corrected chi connectivity index (χ1v) is 15.9. The van der Waals surface area contributed by atoms with E-state index in [1.165, 1.54) is 35.6 Å². The normalized spacial score (nSPS) is 15.8. The second-order valence-electron chi connectivity index (χ2n) is 11.0. The van der Waals surface area contributed by atoms with E-state index in [4.69, 9.17) is 0 Å². The molecule has 0 unspecified atom stereocenters. The largest absolute Gasteiger partial charge is 0.573 e. The van der Waals surface area contributed by atoms with E-state index in [1.54, 1.807) is 19.0 Å². The summed E-state index contributed by atoms with van der Waals surface area (Å²) in [6.07, 6.45) is -5.80. The van der Waals surface area contributed by atoms with Crippen LogP contribution < -0.4 is 19.7 Å². The Labute approximate surface area is 280 Å². The fourth-order valence-corrected chi connectivity index (χ4v) is 6.59. The monoisotopic (exact) mass is 727 g/mol. The van der Waals surface area contributed by atoms with Gasteiger partial charge in [-0.25, -0.2) is 18.4 Å². The third-order valence-electron chi connectivity index (χ3n) is 7.33. The van der Waals surface area contributed by atoms with Crippen molar-refractivity contribution in [1.29, 1.82) is 0 Å². The lowest BCUT2D eigenvalue weighted by Crippen LogP contribution is -2.60. The van der Waals surface area contributed by atoms with Crippen LogP contribution in [0.3, 0.4) is 0 Å². The molecule has 50 heavy (non-hydrogen) atoms. The molecule has 266 valence electrons. The Hall–Kier alpha value is -5.24. The summed E-state index contributed by atoms with van der Waals surface area (Å²) in [7, 11) is -1.41. The van der Waals surface area contributed by atoms with Gasteiger partial charge in [0.1, 0.15) is 34.4 Å². The fourth-order valence-electron chi connectivity index (χ4n) is 5.02. The number of benzene rings is 2. The topological polar surface area (TPSA) is 147 Å². The molecule has 1 aliphatic rings. The van der Waals surface area contributed by atoms with E-state index >= 15 is 0 Å². The highest BCUT2D eigenvalue weighted by atomic mass is 32.2. The summed E-state index contributed by atoms with van der Waals surface area (Å²) in [6, 6.07) is 6.68. The number of ether oxygens (including phenoxy) is 2. The number of sulfonamides is 1. The van der Waals surface area contributed by atoms with Gasteiger partial charge in [0.15, 0.2) is 0 Å². The molecule has 1 N–H and O–H groups in total. The van der Waals surface area contributed by atoms with Crippen LogP contribution in [0.2, 0.25) is 0 Å². The van der Waals surface area contributed by atoms with Gasteiger partial charge >= 0.3 is 12.7 Å². The van der Waals surface area contributed by atoms with Gasteiger partial charge < -0.3 is 24.6 Å². The van der Waals surface area contributed by atoms with Crippen molar-refractivity contribution in [3.63, 3.8) is 0 Å². The van der Waals surface area contributed by atoms with Gasteiger partial charge in [0.05, 0.1) is 22.9 Å². The lowest BCUT2D eigenvalue weighted by molar-refractivity contribution is -0.275. The molecule has 1 fully saturated rings. The van der Waals surface area contributed by atoms with Gasteiger partial charge in [0, 0.05) is 46.5 Å². The van der Waals surface area contributed by atoms with Crippen molar-refractivity contribution in [3.8, 4) is 11.5 Å². The molecule has 13 nitrogen and oxygen atoms in total. The summed E-state index contributed by atoms with van der Waals surface area (Å²) in [5, 5.41) is 2.59. The van der Waals surface area contributed by atoms with Crippen molar-refractivity contribution >= 4 is 38.7 Å². The predicted molar refractivity (Wildman–Crippen MR) is 163 cm³/mol. The number of nitrogens with zero attached hydrogens (tertiary/aromatic N) is 6. The first kappa shape index (κ1) is 36.1. The lowest BCUT2D eigenvalue weighted by Gasteiger charge is -2.40. The number of alkyl halides is 6. The quantitative estimate of drug-likeness (QED) is 0.253. The standard InChI is InChI=1S/C30H27F6N7O6S/c1-41(2)28(45)22-14-37-15-23-26(22)40-25(16-38-23)42-11-12-43(50(46,47)21-9-7-20(8-10-21)49-30(34,35)36)24(17-42)27(44)39-13-18-3-5-19(6-4-18)48-29(31,32)33/h3-10,14-16,24H,11-13,17H2,1-2H3,(H,39,44)/t24-/m1/s1. The molecule has 0 spiro atoms. The minimum absolute atomic E-state index is 0.0127. The molecular weight excluding hydrogens is 700 g/mol.